The van der Waals surface area contributed by atoms with Crippen LogP contribution in [0.4, 0.5) is 0 Å². The lowest BCUT2D eigenvalue weighted by Gasteiger charge is -2.10. The molecule has 1 heterocycles. The van der Waals surface area contributed by atoms with Crippen LogP contribution in [0.15, 0.2) is 57.0 Å². The topological polar surface area (TPSA) is 24.9 Å². The molecule has 1 N–H and O–H groups in total. The highest BCUT2D eigenvalue weighted by Gasteiger charge is 2.20. The third-order valence-electron chi connectivity index (χ3n) is 3.07. The van der Waals surface area contributed by atoms with Gasteiger partial charge in [0.05, 0.1) is 0 Å². The van der Waals surface area contributed by atoms with Gasteiger partial charge in [-0.25, -0.2) is 0 Å². The quantitative estimate of drug-likeness (QED) is 0.884. The van der Waals surface area contributed by atoms with E-state index in [1.54, 1.807) is 11.8 Å². The van der Waals surface area contributed by atoms with Crippen LogP contribution in [0.3, 0.4) is 0 Å². The summed E-state index contributed by atoms with van der Waals surface area (Å²) in [7, 11) is 0. The van der Waals surface area contributed by atoms with Crippen LogP contribution >= 0.6 is 27.7 Å². The van der Waals surface area contributed by atoms with Crippen LogP contribution in [-0.2, 0) is 6.54 Å². The van der Waals surface area contributed by atoms with Gasteiger partial charge in [-0.3, -0.25) is 4.98 Å². The van der Waals surface area contributed by atoms with Crippen LogP contribution < -0.4 is 5.32 Å². The molecule has 1 saturated carbocycles. The van der Waals surface area contributed by atoms with Gasteiger partial charge >= 0.3 is 0 Å². The fourth-order valence-electron chi connectivity index (χ4n) is 1.84. The number of halogens is 1. The van der Waals surface area contributed by atoms with Gasteiger partial charge in [0.2, 0.25) is 0 Å². The predicted octanol–water partition coefficient (Wildman–Crippen LogP) is 4.25. The van der Waals surface area contributed by atoms with Gasteiger partial charge in [-0.1, -0.05) is 33.8 Å². The maximum atomic E-state index is 4.06. The lowest BCUT2D eigenvalue weighted by Crippen LogP contribution is -2.15. The Morgan fingerprint density at radius 3 is 2.74 bits per heavy atom. The largest absolute Gasteiger partial charge is 0.310 e. The first-order valence-electron chi connectivity index (χ1n) is 6.41. The Morgan fingerprint density at radius 1 is 1.21 bits per heavy atom. The maximum Gasteiger partial charge on any atom is 0.0279 e. The van der Waals surface area contributed by atoms with E-state index in [9.17, 15) is 0 Å². The number of nitrogens with zero attached hydrogens (tertiary/aromatic N) is 1. The van der Waals surface area contributed by atoms with Gasteiger partial charge in [0.15, 0.2) is 0 Å². The molecule has 1 aromatic heterocycles. The van der Waals surface area contributed by atoms with Gasteiger partial charge in [-0.2, -0.15) is 0 Å². The second-order valence-corrected chi connectivity index (χ2v) is 6.72. The van der Waals surface area contributed by atoms with E-state index in [4.69, 9.17) is 0 Å². The molecule has 1 aromatic carbocycles. The summed E-state index contributed by atoms with van der Waals surface area (Å²) in [6, 6.07) is 11.3. The van der Waals surface area contributed by atoms with Gasteiger partial charge < -0.3 is 5.32 Å². The Kier molecular flexibility index (Phi) is 4.21. The lowest BCUT2D eigenvalue weighted by atomic mass is 10.2. The highest BCUT2D eigenvalue weighted by molar-refractivity contribution is 9.10. The molecule has 4 heteroatoms. The lowest BCUT2D eigenvalue weighted by molar-refractivity contribution is 0.680. The third kappa shape index (κ3) is 3.81. The van der Waals surface area contributed by atoms with Gasteiger partial charge in [0, 0.05) is 39.2 Å². The van der Waals surface area contributed by atoms with Crippen molar-refractivity contribution >= 4 is 27.7 Å². The zero-order valence-corrected chi connectivity index (χ0v) is 12.9. The smallest absolute Gasteiger partial charge is 0.0279 e. The van der Waals surface area contributed by atoms with Crippen LogP contribution in [0.2, 0.25) is 0 Å². The fourth-order valence-corrected chi connectivity index (χ4v) is 3.33. The Balaban J connectivity index is 1.78. The van der Waals surface area contributed by atoms with E-state index in [0.29, 0.717) is 0 Å². The van der Waals surface area contributed by atoms with Gasteiger partial charge in [-0.15, -0.1) is 0 Å². The van der Waals surface area contributed by atoms with E-state index in [1.807, 2.05) is 24.5 Å². The second-order valence-electron chi connectivity index (χ2n) is 4.69. The van der Waals surface area contributed by atoms with Crippen LogP contribution in [0.5, 0.6) is 0 Å². The minimum Gasteiger partial charge on any atom is -0.310 e. The summed E-state index contributed by atoms with van der Waals surface area (Å²) < 4.78 is 1.12. The van der Waals surface area contributed by atoms with Crippen molar-refractivity contribution in [3.05, 3.63) is 52.8 Å². The number of pyridine rings is 1. The van der Waals surface area contributed by atoms with Crippen molar-refractivity contribution in [2.24, 2.45) is 0 Å². The number of hydrogen-bond acceptors (Lipinski definition) is 3. The summed E-state index contributed by atoms with van der Waals surface area (Å²) in [5.74, 6) is 0. The molecule has 0 saturated heterocycles. The first-order valence-corrected chi connectivity index (χ1v) is 8.02. The average molecular weight is 335 g/mol. The first-order chi connectivity index (χ1) is 9.31. The van der Waals surface area contributed by atoms with E-state index < -0.39 is 0 Å². The molecule has 0 amide bonds. The molecule has 1 aliphatic rings. The molecule has 0 atom stereocenters. The van der Waals surface area contributed by atoms with Gasteiger partial charge in [0.25, 0.3) is 0 Å². The summed E-state index contributed by atoms with van der Waals surface area (Å²) in [5, 5.41) is 3.58. The summed E-state index contributed by atoms with van der Waals surface area (Å²) in [6.07, 6.45) is 6.32. The van der Waals surface area contributed by atoms with E-state index in [2.05, 4.69) is 44.4 Å². The molecular weight excluding hydrogens is 320 g/mol. The van der Waals surface area contributed by atoms with Crippen LogP contribution in [0.1, 0.15) is 18.4 Å². The monoisotopic (exact) mass is 334 g/mol. The van der Waals surface area contributed by atoms with E-state index in [1.165, 1.54) is 28.2 Å². The van der Waals surface area contributed by atoms with Gasteiger partial charge in [-0.05, 0) is 42.7 Å². The van der Waals surface area contributed by atoms with Crippen molar-refractivity contribution in [1.82, 2.24) is 10.3 Å². The number of rotatable bonds is 5. The molecule has 2 aromatic rings. The average Bonchev–Trinajstić information content (AvgIpc) is 3.23. The van der Waals surface area contributed by atoms with Crippen LogP contribution in [0, 0.1) is 0 Å². The minimum atomic E-state index is 0.738. The number of nitrogens with one attached hydrogen (secondary N) is 1. The highest BCUT2D eigenvalue weighted by atomic mass is 79.9. The first kappa shape index (κ1) is 13.2. The molecule has 0 unspecified atom stereocenters. The van der Waals surface area contributed by atoms with Crippen molar-refractivity contribution in [2.45, 2.75) is 35.2 Å². The molecule has 0 bridgehead atoms. The number of benzene rings is 1. The molecule has 1 aliphatic carbocycles. The molecule has 0 radical (unpaired) electrons. The molecule has 2 nitrogen and oxygen atoms in total. The van der Waals surface area contributed by atoms with E-state index in [-0.39, 0.29) is 0 Å². The summed E-state index contributed by atoms with van der Waals surface area (Å²) >= 11 is 5.35. The number of aromatic nitrogens is 1. The van der Waals surface area contributed by atoms with Crippen molar-refractivity contribution in [1.29, 1.82) is 0 Å². The predicted molar refractivity (Wildman–Crippen MR) is 82.4 cm³/mol. The molecular formula is C15H15BrN2S. The Hall–Kier alpha value is -0.840. The third-order valence-corrected chi connectivity index (χ3v) is 4.67. The molecule has 0 aliphatic heterocycles. The van der Waals surface area contributed by atoms with Crippen LogP contribution in [-0.4, -0.2) is 11.0 Å². The molecule has 1 fully saturated rings. The highest BCUT2D eigenvalue weighted by Crippen LogP contribution is 2.32. The fraction of sp³-hybridized carbons (Fsp3) is 0.267. The Morgan fingerprint density at radius 2 is 2.00 bits per heavy atom. The maximum absolute atomic E-state index is 4.06. The molecule has 3 rings (SSSR count). The minimum absolute atomic E-state index is 0.738. The van der Waals surface area contributed by atoms with Gasteiger partial charge in [0.1, 0.15) is 0 Å². The zero-order valence-electron chi connectivity index (χ0n) is 10.5. The van der Waals surface area contributed by atoms with Crippen LogP contribution in [0.25, 0.3) is 0 Å². The number of hydrogen-bond donors (Lipinski definition) is 1. The summed E-state index contributed by atoms with van der Waals surface area (Å²) in [4.78, 5) is 6.58. The molecule has 0 spiro atoms. The summed E-state index contributed by atoms with van der Waals surface area (Å²) in [6.45, 7) is 0.950. The van der Waals surface area contributed by atoms with Crippen molar-refractivity contribution in [2.75, 3.05) is 0 Å². The van der Waals surface area contributed by atoms with Crippen molar-refractivity contribution in [3.63, 3.8) is 0 Å². The van der Waals surface area contributed by atoms with Crippen molar-refractivity contribution in [3.8, 4) is 0 Å². The normalized spacial score (nSPS) is 14.6. The van der Waals surface area contributed by atoms with Crippen molar-refractivity contribution < 1.29 is 0 Å². The standard InChI is InChI=1S/C15H15BrN2S/c16-12-2-1-11(10-18-13-3-4-13)15(9-12)19-14-5-7-17-8-6-14/h1-2,5-9,13,18H,3-4,10H2. The Bertz CT molecular complexity index is 555. The summed E-state index contributed by atoms with van der Waals surface area (Å²) in [5.41, 5.74) is 1.36. The molecule has 19 heavy (non-hydrogen) atoms. The zero-order chi connectivity index (χ0) is 13.1. The second kappa shape index (κ2) is 6.07. The Labute approximate surface area is 126 Å². The SMILES string of the molecule is Brc1ccc(CNC2CC2)c(Sc2ccncc2)c1. The van der Waals surface area contributed by atoms with E-state index in [0.717, 1.165) is 17.1 Å². The molecule has 98 valence electrons. The van der Waals surface area contributed by atoms with E-state index >= 15 is 0 Å².